The monoisotopic (exact) mass is 237 g/mol. The van der Waals surface area contributed by atoms with Crippen molar-refractivity contribution in [2.45, 2.75) is 32.9 Å². The molecule has 1 aromatic rings. The van der Waals surface area contributed by atoms with Crippen LogP contribution < -0.4 is 19.5 Å². The summed E-state index contributed by atoms with van der Waals surface area (Å²) in [4.78, 5) is 0. The van der Waals surface area contributed by atoms with E-state index in [1.54, 1.807) is 0 Å². The molecule has 1 heterocycles. The fourth-order valence-electron chi connectivity index (χ4n) is 1.70. The smallest absolute Gasteiger partial charge is 0.231 e. The summed E-state index contributed by atoms with van der Waals surface area (Å²) in [5, 5.41) is 3.13. The van der Waals surface area contributed by atoms with Crippen molar-refractivity contribution >= 4 is 0 Å². The third kappa shape index (κ3) is 2.64. The molecule has 0 amide bonds. The van der Waals surface area contributed by atoms with Crippen LogP contribution in [-0.4, -0.2) is 19.9 Å². The molecule has 4 nitrogen and oxygen atoms in total. The molecular weight excluding hydrogens is 218 g/mol. The van der Waals surface area contributed by atoms with Gasteiger partial charge >= 0.3 is 0 Å². The van der Waals surface area contributed by atoms with Gasteiger partial charge < -0.3 is 19.5 Å². The van der Waals surface area contributed by atoms with Crippen molar-refractivity contribution in [2.75, 3.05) is 13.8 Å². The van der Waals surface area contributed by atoms with Gasteiger partial charge in [0.25, 0.3) is 0 Å². The van der Waals surface area contributed by atoms with E-state index in [1.165, 1.54) is 0 Å². The molecule has 17 heavy (non-hydrogen) atoms. The van der Waals surface area contributed by atoms with Crippen molar-refractivity contribution in [2.24, 2.45) is 0 Å². The Morgan fingerprint density at radius 3 is 2.71 bits per heavy atom. The largest absolute Gasteiger partial charge is 0.490 e. The second-order valence-corrected chi connectivity index (χ2v) is 4.18. The zero-order chi connectivity index (χ0) is 12.3. The number of rotatable bonds is 5. The maximum absolute atomic E-state index is 5.90. The normalized spacial score (nSPS) is 14.8. The third-order valence-corrected chi connectivity index (χ3v) is 2.83. The topological polar surface area (TPSA) is 39.7 Å². The second-order valence-electron chi connectivity index (χ2n) is 4.18. The maximum atomic E-state index is 5.90. The van der Waals surface area contributed by atoms with Gasteiger partial charge in [-0.2, -0.15) is 0 Å². The lowest BCUT2D eigenvalue weighted by Crippen LogP contribution is -2.13. The van der Waals surface area contributed by atoms with Crippen LogP contribution in [0.3, 0.4) is 0 Å². The molecule has 2 rings (SSSR count). The molecule has 1 aliphatic heterocycles. The van der Waals surface area contributed by atoms with Crippen LogP contribution in [0.15, 0.2) is 12.1 Å². The molecule has 0 spiro atoms. The van der Waals surface area contributed by atoms with E-state index in [4.69, 9.17) is 14.2 Å². The van der Waals surface area contributed by atoms with Crippen LogP contribution in [-0.2, 0) is 6.54 Å². The van der Waals surface area contributed by atoms with Gasteiger partial charge in [0, 0.05) is 18.2 Å². The van der Waals surface area contributed by atoms with E-state index in [0.717, 1.165) is 35.8 Å². The summed E-state index contributed by atoms with van der Waals surface area (Å²) in [6.45, 7) is 5.21. The molecule has 0 radical (unpaired) electrons. The molecule has 0 fully saturated rings. The lowest BCUT2D eigenvalue weighted by molar-refractivity contribution is 0.173. The first-order valence-electron chi connectivity index (χ1n) is 5.98. The Hall–Kier alpha value is -1.42. The SMILES string of the molecule is CCC(C)Oc1cc2c(cc1CNC)OCO2. The Kier molecular flexibility index (Phi) is 3.74. The predicted octanol–water partition coefficient (Wildman–Crippen LogP) is 2.31. The first-order valence-corrected chi connectivity index (χ1v) is 5.98. The van der Waals surface area contributed by atoms with Gasteiger partial charge in [0.2, 0.25) is 6.79 Å². The first-order chi connectivity index (χ1) is 8.24. The average Bonchev–Trinajstić information content (AvgIpc) is 2.76. The van der Waals surface area contributed by atoms with Gasteiger partial charge in [-0.15, -0.1) is 0 Å². The van der Waals surface area contributed by atoms with Gasteiger partial charge in [-0.1, -0.05) is 6.92 Å². The van der Waals surface area contributed by atoms with Gasteiger partial charge in [0.15, 0.2) is 11.5 Å². The summed E-state index contributed by atoms with van der Waals surface area (Å²) in [6, 6.07) is 3.90. The summed E-state index contributed by atoms with van der Waals surface area (Å²) in [5.41, 5.74) is 1.09. The van der Waals surface area contributed by atoms with Crippen molar-refractivity contribution in [1.29, 1.82) is 0 Å². The predicted molar refractivity (Wildman–Crippen MR) is 65.7 cm³/mol. The van der Waals surface area contributed by atoms with E-state index in [0.29, 0.717) is 6.79 Å². The molecular formula is C13H19NO3. The average molecular weight is 237 g/mol. The molecule has 0 saturated heterocycles. The van der Waals surface area contributed by atoms with E-state index in [2.05, 4.69) is 19.2 Å². The molecule has 1 atom stereocenters. The molecule has 1 unspecified atom stereocenters. The van der Waals surface area contributed by atoms with Gasteiger partial charge in [-0.3, -0.25) is 0 Å². The van der Waals surface area contributed by atoms with Crippen molar-refractivity contribution in [1.82, 2.24) is 5.32 Å². The third-order valence-electron chi connectivity index (χ3n) is 2.83. The molecule has 1 aliphatic rings. The Morgan fingerprint density at radius 1 is 1.35 bits per heavy atom. The zero-order valence-electron chi connectivity index (χ0n) is 10.6. The quantitative estimate of drug-likeness (QED) is 0.853. The lowest BCUT2D eigenvalue weighted by Gasteiger charge is -2.16. The highest BCUT2D eigenvalue weighted by Crippen LogP contribution is 2.38. The summed E-state index contributed by atoms with van der Waals surface area (Å²) < 4.78 is 16.6. The van der Waals surface area contributed by atoms with Gasteiger partial charge in [0.05, 0.1) is 6.10 Å². The summed E-state index contributed by atoms with van der Waals surface area (Å²) >= 11 is 0. The minimum absolute atomic E-state index is 0.200. The van der Waals surface area contributed by atoms with E-state index in [1.807, 2.05) is 19.2 Å². The van der Waals surface area contributed by atoms with Crippen LogP contribution in [0.1, 0.15) is 25.8 Å². The molecule has 0 bridgehead atoms. The highest BCUT2D eigenvalue weighted by Gasteiger charge is 2.18. The van der Waals surface area contributed by atoms with Crippen molar-refractivity contribution in [3.05, 3.63) is 17.7 Å². The standard InChI is InChI=1S/C13H19NO3/c1-4-9(2)17-11-6-13-12(15-8-16-13)5-10(11)7-14-3/h5-6,9,14H,4,7-8H2,1-3H3. The van der Waals surface area contributed by atoms with E-state index >= 15 is 0 Å². The Morgan fingerprint density at radius 2 is 2.06 bits per heavy atom. The van der Waals surface area contributed by atoms with E-state index < -0.39 is 0 Å². The van der Waals surface area contributed by atoms with E-state index in [9.17, 15) is 0 Å². The van der Waals surface area contributed by atoms with Crippen LogP contribution in [0.4, 0.5) is 0 Å². The number of nitrogens with one attached hydrogen (secondary N) is 1. The highest BCUT2D eigenvalue weighted by molar-refractivity contribution is 5.51. The minimum Gasteiger partial charge on any atom is -0.490 e. The maximum Gasteiger partial charge on any atom is 0.231 e. The van der Waals surface area contributed by atoms with Crippen LogP contribution in [0.2, 0.25) is 0 Å². The molecule has 1 aromatic carbocycles. The Labute approximate surface area is 102 Å². The van der Waals surface area contributed by atoms with Crippen LogP contribution in [0, 0.1) is 0 Å². The molecule has 1 N–H and O–H groups in total. The molecule has 0 aromatic heterocycles. The Bertz CT molecular complexity index is 392. The molecule has 94 valence electrons. The lowest BCUT2D eigenvalue weighted by atomic mass is 10.1. The van der Waals surface area contributed by atoms with Crippen molar-refractivity contribution < 1.29 is 14.2 Å². The molecule has 0 aliphatic carbocycles. The van der Waals surface area contributed by atoms with Gasteiger partial charge in [-0.05, 0) is 26.5 Å². The van der Waals surface area contributed by atoms with Gasteiger partial charge in [0.1, 0.15) is 5.75 Å². The summed E-state index contributed by atoms with van der Waals surface area (Å²) in [5.74, 6) is 2.44. The fraction of sp³-hybridized carbons (Fsp3) is 0.538. The molecule has 4 heteroatoms. The van der Waals surface area contributed by atoms with E-state index in [-0.39, 0.29) is 6.10 Å². The number of hydrogen-bond acceptors (Lipinski definition) is 4. The summed E-state index contributed by atoms with van der Waals surface area (Å²) in [6.07, 6.45) is 1.18. The van der Waals surface area contributed by atoms with Crippen LogP contribution >= 0.6 is 0 Å². The fourth-order valence-corrected chi connectivity index (χ4v) is 1.70. The number of benzene rings is 1. The number of fused-ring (bicyclic) bond motifs is 1. The van der Waals surface area contributed by atoms with Gasteiger partial charge in [-0.25, -0.2) is 0 Å². The summed E-state index contributed by atoms with van der Waals surface area (Å²) in [7, 11) is 1.91. The Balaban J connectivity index is 2.27. The minimum atomic E-state index is 0.200. The van der Waals surface area contributed by atoms with Crippen LogP contribution in [0.5, 0.6) is 17.2 Å². The second kappa shape index (κ2) is 5.27. The molecule has 0 saturated carbocycles. The number of hydrogen-bond donors (Lipinski definition) is 1. The zero-order valence-corrected chi connectivity index (χ0v) is 10.6. The van der Waals surface area contributed by atoms with Crippen molar-refractivity contribution in [3.8, 4) is 17.2 Å². The highest BCUT2D eigenvalue weighted by atomic mass is 16.7. The number of ether oxygens (including phenoxy) is 3. The first kappa shape index (κ1) is 12.0. The van der Waals surface area contributed by atoms with Crippen molar-refractivity contribution in [3.63, 3.8) is 0 Å². The van der Waals surface area contributed by atoms with Crippen LogP contribution in [0.25, 0.3) is 0 Å².